The molecule has 0 aromatic carbocycles. The Balaban J connectivity index is 1.64. The van der Waals surface area contributed by atoms with Crippen LogP contribution in [0.25, 0.3) is 0 Å². The Hall–Kier alpha value is -1.86. The van der Waals surface area contributed by atoms with Gasteiger partial charge in [-0.25, -0.2) is 4.79 Å². The SMILES string of the molecule is CCc1nn(C)cc1NC(=O)NC(C)C1OCCc2sccc21. The van der Waals surface area contributed by atoms with Crippen molar-refractivity contribution in [2.75, 3.05) is 11.9 Å². The minimum atomic E-state index is -0.230. The number of carbonyl (C=O) groups excluding carboxylic acids is 1. The first kappa shape index (κ1) is 16.0. The summed E-state index contributed by atoms with van der Waals surface area (Å²) in [6.07, 6.45) is 3.46. The van der Waals surface area contributed by atoms with Gasteiger partial charge in [0.25, 0.3) is 0 Å². The fourth-order valence-electron chi connectivity index (χ4n) is 2.93. The molecule has 0 saturated carbocycles. The second kappa shape index (κ2) is 6.72. The topological polar surface area (TPSA) is 68.2 Å². The molecule has 6 nitrogen and oxygen atoms in total. The summed E-state index contributed by atoms with van der Waals surface area (Å²) in [5.41, 5.74) is 2.83. The number of nitrogens with one attached hydrogen (secondary N) is 2. The average molecular weight is 334 g/mol. The summed E-state index contributed by atoms with van der Waals surface area (Å²) in [4.78, 5) is 13.6. The molecule has 2 aromatic heterocycles. The Bertz CT molecular complexity index is 694. The van der Waals surface area contributed by atoms with Crippen LogP contribution >= 0.6 is 11.3 Å². The van der Waals surface area contributed by atoms with Crippen molar-refractivity contribution in [1.82, 2.24) is 15.1 Å². The van der Waals surface area contributed by atoms with Gasteiger partial charge in [0, 0.05) is 24.5 Å². The van der Waals surface area contributed by atoms with Crippen molar-refractivity contribution in [3.63, 3.8) is 0 Å². The molecule has 0 aliphatic carbocycles. The van der Waals surface area contributed by atoms with Crippen molar-refractivity contribution in [2.45, 2.75) is 38.8 Å². The Labute approximate surface area is 139 Å². The molecule has 2 aromatic rings. The highest BCUT2D eigenvalue weighted by atomic mass is 32.1. The Morgan fingerprint density at radius 2 is 2.43 bits per heavy atom. The van der Waals surface area contributed by atoms with Crippen LogP contribution in [-0.2, 0) is 24.6 Å². The number of hydrogen-bond acceptors (Lipinski definition) is 4. The van der Waals surface area contributed by atoms with E-state index in [-0.39, 0.29) is 18.2 Å². The van der Waals surface area contributed by atoms with Gasteiger partial charge in [-0.2, -0.15) is 5.10 Å². The lowest BCUT2D eigenvalue weighted by molar-refractivity contribution is 0.0238. The maximum absolute atomic E-state index is 12.3. The van der Waals surface area contributed by atoms with Crippen LogP contribution in [0.2, 0.25) is 0 Å². The lowest BCUT2D eigenvalue weighted by Gasteiger charge is -2.29. The minimum Gasteiger partial charge on any atom is -0.371 e. The second-order valence-electron chi connectivity index (χ2n) is 5.74. The molecule has 1 aliphatic rings. The van der Waals surface area contributed by atoms with E-state index >= 15 is 0 Å². The van der Waals surface area contributed by atoms with Gasteiger partial charge in [-0.15, -0.1) is 11.3 Å². The van der Waals surface area contributed by atoms with E-state index in [0.29, 0.717) is 6.61 Å². The number of amides is 2. The molecule has 2 amide bonds. The van der Waals surface area contributed by atoms with E-state index in [4.69, 9.17) is 4.74 Å². The predicted octanol–water partition coefficient (Wildman–Crippen LogP) is 2.87. The normalized spacial score (nSPS) is 18.3. The van der Waals surface area contributed by atoms with Gasteiger partial charge in [0.05, 0.1) is 24.0 Å². The second-order valence-corrected chi connectivity index (χ2v) is 6.75. The molecule has 3 rings (SSSR count). The van der Waals surface area contributed by atoms with Crippen LogP contribution < -0.4 is 10.6 Å². The first-order chi connectivity index (χ1) is 11.1. The first-order valence-corrected chi connectivity index (χ1v) is 8.74. The maximum Gasteiger partial charge on any atom is 0.319 e. The molecular weight excluding hydrogens is 312 g/mol. The molecule has 3 heterocycles. The van der Waals surface area contributed by atoms with Crippen LogP contribution in [0.1, 0.15) is 36.1 Å². The van der Waals surface area contributed by atoms with Crippen LogP contribution in [0, 0.1) is 0 Å². The highest BCUT2D eigenvalue weighted by molar-refractivity contribution is 7.10. The zero-order valence-electron chi connectivity index (χ0n) is 13.6. The van der Waals surface area contributed by atoms with Gasteiger partial charge in [-0.1, -0.05) is 6.92 Å². The van der Waals surface area contributed by atoms with Crippen LogP contribution in [0.3, 0.4) is 0 Å². The number of ether oxygens (including phenoxy) is 1. The molecule has 0 fully saturated rings. The molecule has 0 radical (unpaired) electrons. The number of aryl methyl sites for hydroxylation is 2. The van der Waals surface area contributed by atoms with Crippen LogP contribution in [0.5, 0.6) is 0 Å². The fraction of sp³-hybridized carbons (Fsp3) is 0.500. The number of hydrogen-bond donors (Lipinski definition) is 2. The third kappa shape index (κ3) is 3.40. The lowest BCUT2D eigenvalue weighted by atomic mass is 10.0. The van der Waals surface area contributed by atoms with Crippen LogP contribution in [0.15, 0.2) is 17.6 Å². The summed E-state index contributed by atoms with van der Waals surface area (Å²) in [7, 11) is 1.85. The molecule has 0 spiro atoms. The highest BCUT2D eigenvalue weighted by Gasteiger charge is 2.28. The van der Waals surface area contributed by atoms with E-state index in [0.717, 1.165) is 24.2 Å². The Morgan fingerprint density at radius 3 is 3.22 bits per heavy atom. The number of rotatable bonds is 4. The molecule has 0 saturated heterocycles. The quantitative estimate of drug-likeness (QED) is 0.903. The zero-order valence-corrected chi connectivity index (χ0v) is 14.4. The number of urea groups is 1. The van der Waals surface area contributed by atoms with Gasteiger partial charge < -0.3 is 15.4 Å². The van der Waals surface area contributed by atoms with Gasteiger partial charge in [-0.3, -0.25) is 4.68 Å². The summed E-state index contributed by atoms with van der Waals surface area (Å²) < 4.78 is 7.58. The first-order valence-electron chi connectivity index (χ1n) is 7.86. The third-order valence-electron chi connectivity index (χ3n) is 4.01. The van der Waals surface area contributed by atoms with E-state index in [1.807, 2.05) is 27.1 Å². The number of anilines is 1. The van der Waals surface area contributed by atoms with Gasteiger partial charge in [-0.05, 0) is 30.4 Å². The summed E-state index contributed by atoms with van der Waals surface area (Å²) in [5.74, 6) is 0. The van der Waals surface area contributed by atoms with Gasteiger partial charge in [0.2, 0.25) is 0 Å². The monoisotopic (exact) mass is 334 g/mol. The number of carbonyl (C=O) groups is 1. The molecule has 2 N–H and O–H groups in total. The summed E-state index contributed by atoms with van der Waals surface area (Å²) >= 11 is 1.76. The molecule has 1 aliphatic heterocycles. The Kier molecular flexibility index (Phi) is 4.68. The zero-order chi connectivity index (χ0) is 16.4. The van der Waals surface area contributed by atoms with E-state index in [1.54, 1.807) is 16.0 Å². The standard InChI is InChI=1S/C16H22N4O2S/c1-4-12-13(9-20(3)19-12)18-16(21)17-10(2)15-11-6-8-23-14(11)5-7-22-15/h6,8-10,15H,4-5,7H2,1-3H3,(H2,17,18,21). The molecule has 23 heavy (non-hydrogen) atoms. The Morgan fingerprint density at radius 1 is 1.61 bits per heavy atom. The summed E-state index contributed by atoms with van der Waals surface area (Å²) in [6.45, 7) is 4.69. The van der Waals surface area contributed by atoms with Crippen LogP contribution in [-0.4, -0.2) is 28.5 Å². The molecule has 2 atom stereocenters. The van der Waals surface area contributed by atoms with E-state index in [1.165, 1.54) is 10.4 Å². The van der Waals surface area contributed by atoms with Crippen molar-refractivity contribution in [3.05, 3.63) is 33.8 Å². The lowest BCUT2D eigenvalue weighted by Crippen LogP contribution is -2.41. The highest BCUT2D eigenvalue weighted by Crippen LogP contribution is 2.33. The van der Waals surface area contributed by atoms with E-state index < -0.39 is 0 Å². The van der Waals surface area contributed by atoms with Crippen molar-refractivity contribution < 1.29 is 9.53 Å². The van der Waals surface area contributed by atoms with Crippen molar-refractivity contribution >= 4 is 23.1 Å². The third-order valence-corrected chi connectivity index (χ3v) is 5.01. The van der Waals surface area contributed by atoms with Gasteiger partial charge >= 0.3 is 6.03 Å². The molecule has 7 heteroatoms. The van der Waals surface area contributed by atoms with Gasteiger partial charge in [0.15, 0.2) is 0 Å². The molecule has 0 bridgehead atoms. The van der Waals surface area contributed by atoms with E-state index in [9.17, 15) is 4.79 Å². The fourth-order valence-corrected chi connectivity index (χ4v) is 3.83. The minimum absolute atomic E-state index is 0.0877. The molecular formula is C16H22N4O2S. The number of aromatic nitrogens is 2. The number of thiophene rings is 1. The van der Waals surface area contributed by atoms with Crippen LogP contribution in [0.4, 0.5) is 10.5 Å². The average Bonchev–Trinajstić information content (AvgIpc) is 3.12. The summed E-state index contributed by atoms with van der Waals surface area (Å²) in [6, 6.07) is 1.76. The maximum atomic E-state index is 12.3. The van der Waals surface area contributed by atoms with E-state index in [2.05, 4.69) is 27.2 Å². The summed E-state index contributed by atoms with van der Waals surface area (Å²) in [5, 5.41) is 12.3. The van der Waals surface area contributed by atoms with Crippen molar-refractivity contribution in [2.24, 2.45) is 7.05 Å². The van der Waals surface area contributed by atoms with Crippen molar-refractivity contribution in [3.8, 4) is 0 Å². The number of nitrogens with zero attached hydrogens (tertiary/aromatic N) is 2. The predicted molar refractivity (Wildman–Crippen MR) is 90.9 cm³/mol. The smallest absolute Gasteiger partial charge is 0.319 e. The molecule has 124 valence electrons. The largest absolute Gasteiger partial charge is 0.371 e. The van der Waals surface area contributed by atoms with Gasteiger partial charge in [0.1, 0.15) is 6.10 Å². The molecule has 2 unspecified atom stereocenters. The number of fused-ring (bicyclic) bond motifs is 1. The van der Waals surface area contributed by atoms with Crippen molar-refractivity contribution in [1.29, 1.82) is 0 Å².